The summed E-state index contributed by atoms with van der Waals surface area (Å²) in [6.45, 7) is 2.48. The molecule has 2 N–H and O–H groups in total. The van der Waals surface area contributed by atoms with Crippen LogP contribution in [0.4, 0.5) is 4.79 Å². The Kier molecular flexibility index (Phi) is 4.17. The first kappa shape index (κ1) is 15.7. The Morgan fingerprint density at radius 3 is 2.91 bits per heavy atom. The number of nitrogens with one attached hydrogen (secondary N) is 2. The average Bonchev–Trinajstić information content (AvgIpc) is 3.05. The molecule has 2 atom stereocenters. The predicted octanol–water partition coefficient (Wildman–Crippen LogP) is 2.68. The predicted molar refractivity (Wildman–Crippen MR) is 87.3 cm³/mol. The largest absolute Gasteiger partial charge is 0.459 e. The van der Waals surface area contributed by atoms with E-state index in [1.807, 2.05) is 19.1 Å². The zero-order chi connectivity index (χ0) is 16.6. The van der Waals surface area contributed by atoms with E-state index in [2.05, 4.69) is 10.6 Å². The van der Waals surface area contributed by atoms with Crippen LogP contribution >= 0.6 is 11.6 Å². The second-order valence-corrected chi connectivity index (χ2v) is 6.21. The van der Waals surface area contributed by atoms with E-state index in [9.17, 15) is 9.59 Å². The van der Waals surface area contributed by atoms with E-state index < -0.39 is 6.04 Å². The van der Waals surface area contributed by atoms with Crippen LogP contribution in [0.1, 0.15) is 25.1 Å². The summed E-state index contributed by atoms with van der Waals surface area (Å²) < 4.78 is 5.72. The van der Waals surface area contributed by atoms with Gasteiger partial charge in [0, 0.05) is 24.0 Å². The molecule has 2 heterocycles. The molecular formula is C16H18ClN3O3. The highest BCUT2D eigenvalue weighted by Gasteiger charge is 2.30. The van der Waals surface area contributed by atoms with Crippen molar-refractivity contribution in [1.29, 1.82) is 0 Å². The molecule has 1 fully saturated rings. The number of carbonyl (C=O) groups excluding carboxylic acids is 2. The number of carbonyl (C=O) groups is 2. The summed E-state index contributed by atoms with van der Waals surface area (Å²) in [7, 11) is 1.73. The van der Waals surface area contributed by atoms with Crippen LogP contribution in [0.25, 0.3) is 11.0 Å². The number of hydrogen-bond acceptors (Lipinski definition) is 3. The number of urea groups is 1. The van der Waals surface area contributed by atoms with Gasteiger partial charge in [-0.1, -0.05) is 11.6 Å². The van der Waals surface area contributed by atoms with E-state index >= 15 is 0 Å². The number of rotatable bonds is 3. The van der Waals surface area contributed by atoms with E-state index in [4.69, 9.17) is 16.0 Å². The zero-order valence-corrected chi connectivity index (χ0v) is 13.7. The molecule has 1 aliphatic rings. The standard InChI is InChI=1S/C16H18ClN3O3/c1-9(14-8-10-7-11(17)3-4-13(10)23-14)18-16(22)19-12-5-6-20(2)15(12)21/h3-4,7-9,12H,5-6H2,1-2H3,(H2,18,19,22)/t9-,12-/m0/s1. The maximum atomic E-state index is 12.0. The Labute approximate surface area is 138 Å². The van der Waals surface area contributed by atoms with Crippen LogP contribution in [-0.2, 0) is 4.79 Å². The molecule has 0 spiro atoms. The highest BCUT2D eigenvalue weighted by molar-refractivity contribution is 6.31. The topological polar surface area (TPSA) is 74.6 Å². The summed E-state index contributed by atoms with van der Waals surface area (Å²) >= 11 is 5.96. The number of amides is 3. The second kappa shape index (κ2) is 6.12. The van der Waals surface area contributed by atoms with Crippen LogP contribution in [0.5, 0.6) is 0 Å². The lowest BCUT2D eigenvalue weighted by molar-refractivity contribution is -0.128. The number of hydrogen-bond donors (Lipinski definition) is 2. The molecular weight excluding hydrogens is 318 g/mol. The van der Waals surface area contributed by atoms with Crippen molar-refractivity contribution in [2.45, 2.75) is 25.4 Å². The Balaban J connectivity index is 1.64. The highest BCUT2D eigenvalue weighted by Crippen LogP contribution is 2.26. The van der Waals surface area contributed by atoms with E-state index in [-0.39, 0.29) is 18.0 Å². The normalized spacial score (nSPS) is 19.2. The maximum absolute atomic E-state index is 12.0. The van der Waals surface area contributed by atoms with Crippen LogP contribution in [-0.4, -0.2) is 36.5 Å². The van der Waals surface area contributed by atoms with E-state index in [1.165, 1.54) is 0 Å². The molecule has 0 radical (unpaired) electrons. The van der Waals surface area contributed by atoms with Crippen molar-refractivity contribution in [3.8, 4) is 0 Å². The molecule has 7 heteroatoms. The quantitative estimate of drug-likeness (QED) is 0.905. The van der Waals surface area contributed by atoms with Crippen LogP contribution < -0.4 is 10.6 Å². The Morgan fingerprint density at radius 2 is 2.22 bits per heavy atom. The van der Waals surface area contributed by atoms with Gasteiger partial charge in [0.2, 0.25) is 5.91 Å². The van der Waals surface area contributed by atoms with Crippen LogP contribution in [0.3, 0.4) is 0 Å². The molecule has 2 aromatic rings. The molecule has 1 aromatic heterocycles. The van der Waals surface area contributed by atoms with E-state index in [0.717, 1.165) is 5.39 Å². The van der Waals surface area contributed by atoms with Gasteiger partial charge in [-0.2, -0.15) is 0 Å². The number of furan rings is 1. The SMILES string of the molecule is C[C@H](NC(=O)N[C@H]1CCN(C)C1=O)c1cc2cc(Cl)ccc2o1. The van der Waals surface area contributed by atoms with Crippen LogP contribution in [0.15, 0.2) is 28.7 Å². The lowest BCUT2D eigenvalue weighted by Gasteiger charge is -2.15. The minimum atomic E-state index is -0.457. The summed E-state index contributed by atoms with van der Waals surface area (Å²) in [5, 5.41) is 7.00. The smallest absolute Gasteiger partial charge is 0.316 e. The number of halogens is 1. The molecule has 1 aliphatic heterocycles. The first-order valence-electron chi connectivity index (χ1n) is 7.45. The molecule has 23 heavy (non-hydrogen) atoms. The Morgan fingerprint density at radius 1 is 1.43 bits per heavy atom. The summed E-state index contributed by atoms with van der Waals surface area (Å²) in [5.41, 5.74) is 0.714. The van der Waals surface area contributed by atoms with Gasteiger partial charge in [0.15, 0.2) is 0 Å². The van der Waals surface area contributed by atoms with Gasteiger partial charge in [-0.3, -0.25) is 4.79 Å². The number of likely N-dealkylation sites (tertiary alicyclic amines) is 1. The van der Waals surface area contributed by atoms with Crippen molar-refractivity contribution in [2.24, 2.45) is 0 Å². The van der Waals surface area contributed by atoms with Crippen LogP contribution in [0.2, 0.25) is 5.02 Å². The fraction of sp³-hybridized carbons (Fsp3) is 0.375. The number of nitrogens with zero attached hydrogens (tertiary/aromatic N) is 1. The highest BCUT2D eigenvalue weighted by atomic mass is 35.5. The molecule has 1 aromatic carbocycles. The number of fused-ring (bicyclic) bond motifs is 1. The third-order valence-corrected chi connectivity index (χ3v) is 4.24. The fourth-order valence-electron chi connectivity index (χ4n) is 2.67. The first-order valence-corrected chi connectivity index (χ1v) is 7.83. The van der Waals surface area contributed by atoms with Crippen molar-refractivity contribution in [1.82, 2.24) is 15.5 Å². The average molecular weight is 336 g/mol. The molecule has 6 nitrogen and oxygen atoms in total. The number of benzene rings is 1. The number of likely N-dealkylation sites (N-methyl/N-ethyl adjacent to an activating group) is 1. The maximum Gasteiger partial charge on any atom is 0.316 e. The lowest BCUT2D eigenvalue weighted by Crippen LogP contribution is -2.46. The lowest BCUT2D eigenvalue weighted by atomic mass is 10.2. The summed E-state index contributed by atoms with van der Waals surface area (Å²) in [4.78, 5) is 25.5. The summed E-state index contributed by atoms with van der Waals surface area (Å²) in [5.74, 6) is 0.568. The third-order valence-electron chi connectivity index (χ3n) is 4.00. The van der Waals surface area contributed by atoms with Gasteiger partial charge in [-0.25, -0.2) is 4.79 Å². The van der Waals surface area contributed by atoms with Gasteiger partial charge < -0.3 is 20.0 Å². The summed E-state index contributed by atoms with van der Waals surface area (Å²) in [6, 6.07) is 6.04. The molecule has 0 bridgehead atoms. The molecule has 3 rings (SSSR count). The second-order valence-electron chi connectivity index (χ2n) is 5.77. The van der Waals surface area contributed by atoms with Crippen molar-refractivity contribution < 1.29 is 14.0 Å². The van der Waals surface area contributed by atoms with Crippen molar-refractivity contribution in [3.05, 3.63) is 35.0 Å². The fourth-order valence-corrected chi connectivity index (χ4v) is 2.85. The van der Waals surface area contributed by atoms with Gasteiger partial charge in [-0.05, 0) is 37.6 Å². The Bertz CT molecular complexity index is 758. The monoisotopic (exact) mass is 335 g/mol. The molecule has 0 saturated carbocycles. The van der Waals surface area contributed by atoms with Gasteiger partial charge in [0.1, 0.15) is 17.4 Å². The van der Waals surface area contributed by atoms with Gasteiger partial charge in [0.05, 0.1) is 6.04 Å². The van der Waals surface area contributed by atoms with E-state index in [0.29, 0.717) is 29.3 Å². The molecule has 1 saturated heterocycles. The molecule has 0 unspecified atom stereocenters. The molecule has 0 aliphatic carbocycles. The molecule has 122 valence electrons. The minimum absolute atomic E-state index is 0.0637. The molecule has 3 amide bonds. The van der Waals surface area contributed by atoms with Gasteiger partial charge >= 0.3 is 6.03 Å². The van der Waals surface area contributed by atoms with Crippen LogP contribution in [0, 0.1) is 0 Å². The van der Waals surface area contributed by atoms with Gasteiger partial charge in [0.25, 0.3) is 0 Å². The Hall–Kier alpha value is -2.21. The van der Waals surface area contributed by atoms with Crippen molar-refractivity contribution >= 4 is 34.5 Å². The first-order chi connectivity index (χ1) is 10.9. The third kappa shape index (κ3) is 3.27. The van der Waals surface area contributed by atoms with E-state index in [1.54, 1.807) is 24.1 Å². The van der Waals surface area contributed by atoms with Gasteiger partial charge in [-0.15, -0.1) is 0 Å². The zero-order valence-electron chi connectivity index (χ0n) is 12.9. The minimum Gasteiger partial charge on any atom is -0.459 e. The van der Waals surface area contributed by atoms with Crippen molar-refractivity contribution in [2.75, 3.05) is 13.6 Å². The van der Waals surface area contributed by atoms with Crippen molar-refractivity contribution in [3.63, 3.8) is 0 Å². The summed E-state index contributed by atoms with van der Waals surface area (Å²) in [6.07, 6.45) is 0.625.